The van der Waals surface area contributed by atoms with E-state index in [-0.39, 0.29) is 89.4 Å². The molecule has 1 aromatic rings. The van der Waals surface area contributed by atoms with E-state index in [0.717, 1.165) is 0 Å². The molecule has 78 valence electrons. The summed E-state index contributed by atoms with van der Waals surface area (Å²) in [5.41, 5.74) is -1.61. The van der Waals surface area contributed by atoms with Crippen LogP contribution in [-0.4, -0.2) is 22.2 Å². The van der Waals surface area contributed by atoms with Crippen LogP contribution in [0.4, 0.5) is 0 Å². The predicted octanol–water partition coefficient (Wildman–Crippen LogP) is -4.65. The van der Waals surface area contributed by atoms with Gasteiger partial charge in [0, 0.05) is 0 Å². The molecule has 1 aromatic carbocycles. The molecule has 0 heterocycles. The van der Waals surface area contributed by atoms with Gasteiger partial charge in [-0.25, -0.2) is 0 Å². The molecule has 0 saturated heterocycles. The van der Waals surface area contributed by atoms with Crippen molar-refractivity contribution in [1.29, 1.82) is 0 Å². The first-order chi connectivity index (χ1) is 6.49. The first-order valence-electron chi connectivity index (χ1n) is 4.02. The predicted molar refractivity (Wildman–Crippen MR) is 51.3 cm³/mol. The average Bonchev–Trinajstić information content (AvgIpc) is 2.17. The topological polar surface area (TPSA) is 74.6 Å². The van der Waals surface area contributed by atoms with Crippen LogP contribution in [0.5, 0.6) is 0 Å². The summed E-state index contributed by atoms with van der Waals surface area (Å²) >= 11 is 0. The van der Waals surface area contributed by atoms with Gasteiger partial charge in [0.1, 0.15) is 0 Å². The van der Waals surface area contributed by atoms with Crippen molar-refractivity contribution in [1.82, 2.24) is 0 Å². The summed E-state index contributed by atoms with van der Waals surface area (Å²) in [6.45, 7) is 1.17. The second kappa shape index (κ2) is 8.00. The molecule has 0 radical (unpaired) electrons. The molecule has 4 nitrogen and oxygen atoms in total. The maximum Gasteiger partial charge on any atom is 1.00 e. The van der Waals surface area contributed by atoms with Gasteiger partial charge in [-0.05, 0) is 12.5 Å². The quantitative estimate of drug-likeness (QED) is 0.422. The maximum absolute atomic E-state index is 10.9. The third-order valence-corrected chi connectivity index (χ3v) is 2.21. The van der Waals surface area contributed by atoms with Crippen LogP contribution in [0.3, 0.4) is 0 Å². The molecule has 0 amide bonds. The molecule has 0 bridgehead atoms. The molecule has 0 unspecified atom stereocenters. The molecule has 16 heavy (non-hydrogen) atoms. The Balaban J connectivity index is -0.000000245. The molecule has 1 rings (SSSR count). The zero-order valence-corrected chi connectivity index (χ0v) is 14.7. The summed E-state index contributed by atoms with van der Waals surface area (Å²) in [6, 6.07) is 7.90. The number of rotatable bonds is 3. The molecular formula is C10H12KNaO4. The third-order valence-electron chi connectivity index (χ3n) is 2.21. The van der Waals surface area contributed by atoms with Gasteiger partial charge in [-0.3, -0.25) is 9.59 Å². The molecule has 0 spiro atoms. The molecule has 0 fully saturated rings. The van der Waals surface area contributed by atoms with Gasteiger partial charge in [-0.15, -0.1) is 0 Å². The Labute approximate surface area is 161 Å². The van der Waals surface area contributed by atoms with Crippen molar-refractivity contribution in [3.05, 3.63) is 35.9 Å². The molecule has 6 heteroatoms. The fourth-order valence-electron chi connectivity index (χ4n) is 1.11. The van der Waals surface area contributed by atoms with Crippen molar-refractivity contribution in [3.63, 3.8) is 0 Å². The summed E-state index contributed by atoms with van der Waals surface area (Å²) < 4.78 is 0. The number of hydrogen-bond acceptors (Lipinski definition) is 2. The van der Waals surface area contributed by atoms with E-state index in [1.54, 1.807) is 18.2 Å². The molecule has 0 aliphatic rings. The van der Waals surface area contributed by atoms with Crippen molar-refractivity contribution < 1.29 is 104 Å². The molecule has 0 saturated carbocycles. The monoisotopic (exact) mass is 258 g/mol. The minimum atomic E-state index is -1.87. The number of carboxylic acids is 2. The van der Waals surface area contributed by atoms with Gasteiger partial charge in [-0.1, -0.05) is 30.3 Å². The Bertz CT molecular complexity index is 361. The van der Waals surface area contributed by atoms with Gasteiger partial charge >= 0.3 is 92.9 Å². The summed E-state index contributed by atoms with van der Waals surface area (Å²) in [4.78, 5) is 21.8. The van der Waals surface area contributed by atoms with Gasteiger partial charge in [0.05, 0.1) is 0 Å². The van der Waals surface area contributed by atoms with Crippen LogP contribution in [-0.2, 0) is 15.0 Å². The van der Waals surface area contributed by atoms with E-state index < -0.39 is 17.4 Å². The number of carboxylic acid groups (broad SMARTS) is 2. The normalized spacial score (nSPS) is 9.56. The van der Waals surface area contributed by atoms with Crippen molar-refractivity contribution in [3.8, 4) is 0 Å². The van der Waals surface area contributed by atoms with Crippen molar-refractivity contribution in [2.75, 3.05) is 0 Å². The summed E-state index contributed by atoms with van der Waals surface area (Å²) in [7, 11) is 0. The fraction of sp³-hybridized carbons (Fsp3) is 0.200. The van der Waals surface area contributed by atoms with Crippen LogP contribution < -0.4 is 80.9 Å². The molecule has 2 N–H and O–H groups in total. The van der Waals surface area contributed by atoms with E-state index in [2.05, 4.69) is 0 Å². The van der Waals surface area contributed by atoms with Crippen molar-refractivity contribution in [2.24, 2.45) is 0 Å². The zero-order chi connectivity index (χ0) is 10.8. The van der Waals surface area contributed by atoms with Crippen molar-refractivity contribution >= 4 is 11.9 Å². The molecule has 0 atom stereocenters. The van der Waals surface area contributed by atoms with E-state index in [4.69, 9.17) is 10.2 Å². The van der Waals surface area contributed by atoms with Gasteiger partial charge in [-0.2, -0.15) is 0 Å². The second-order valence-corrected chi connectivity index (χ2v) is 3.10. The van der Waals surface area contributed by atoms with Crippen LogP contribution in [0.2, 0.25) is 0 Å². The van der Waals surface area contributed by atoms with Gasteiger partial charge in [0.25, 0.3) is 0 Å². The molecule has 0 aliphatic heterocycles. The van der Waals surface area contributed by atoms with Crippen LogP contribution in [0.25, 0.3) is 0 Å². The number of aliphatic carboxylic acids is 2. The minimum absolute atomic E-state index is 0. The standard InChI is InChI=1S/C10H10O4.K.Na.2H/c1-10(8(11)12,9(13)14)7-5-3-2-4-6-7;;;;/h2-6H,1H3,(H,11,12)(H,13,14);;;;/q;2*+1;2*-1. The van der Waals surface area contributed by atoms with Crippen LogP contribution in [0, 0.1) is 0 Å². The van der Waals surface area contributed by atoms with E-state index in [0.29, 0.717) is 0 Å². The summed E-state index contributed by atoms with van der Waals surface area (Å²) in [5, 5.41) is 17.8. The Hall–Kier alpha value is 0.796. The average molecular weight is 258 g/mol. The van der Waals surface area contributed by atoms with Crippen LogP contribution in [0.1, 0.15) is 15.3 Å². The van der Waals surface area contributed by atoms with Crippen LogP contribution in [0.15, 0.2) is 30.3 Å². The number of benzene rings is 1. The van der Waals surface area contributed by atoms with Gasteiger partial charge in [0.2, 0.25) is 0 Å². The maximum atomic E-state index is 10.9. The third kappa shape index (κ3) is 3.92. The number of hydrogen-bond donors (Lipinski definition) is 2. The van der Waals surface area contributed by atoms with E-state index in [1.165, 1.54) is 19.1 Å². The van der Waals surface area contributed by atoms with E-state index in [1.807, 2.05) is 0 Å². The number of carbonyl (C=O) groups is 2. The van der Waals surface area contributed by atoms with Crippen LogP contribution >= 0.6 is 0 Å². The van der Waals surface area contributed by atoms with Gasteiger partial charge in [0.15, 0.2) is 5.41 Å². The fourth-order valence-corrected chi connectivity index (χ4v) is 1.11. The Morgan fingerprint density at radius 1 is 1.12 bits per heavy atom. The Morgan fingerprint density at radius 2 is 1.50 bits per heavy atom. The molecule has 0 aliphatic carbocycles. The van der Waals surface area contributed by atoms with Gasteiger partial charge < -0.3 is 13.1 Å². The summed E-state index contributed by atoms with van der Waals surface area (Å²) in [5.74, 6) is -2.73. The SMILES string of the molecule is CC(C(=O)O)(C(=O)O)c1ccccc1.[H-].[H-].[K+].[Na+]. The largest absolute Gasteiger partial charge is 1.00 e. The Morgan fingerprint density at radius 3 is 1.81 bits per heavy atom. The zero-order valence-electron chi connectivity index (χ0n) is 11.6. The first-order valence-corrected chi connectivity index (χ1v) is 4.02. The summed E-state index contributed by atoms with van der Waals surface area (Å²) in [6.07, 6.45) is 0. The van der Waals surface area contributed by atoms with Crippen molar-refractivity contribution in [2.45, 2.75) is 12.3 Å². The smallest absolute Gasteiger partial charge is 1.00 e. The van der Waals surface area contributed by atoms with E-state index in [9.17, 15) is 9.59 Å². The second-order valence-electron chi connectivity index (χ2n) is 3.10. The minimum Gasteiger partial charge on any atom is -1.00 e. The van der Waals surface area contributed by atoms with E-state index >= 15 is 0 Å². The molecule has 0 aromatic heterocycles. The Kier molecular flexibility index (Phi) is 9.57. The first kappa shape index (κ1) is 19.1. The molecular weight excluding hydrogens is 246 g/mol.